The summed E-state index contributed by atoms with van der Waals surface area (Å²) in [7, 11) is 0. The SMILES string of the molecule is c1ccc(-c2ccc3c4c(ccc5c6cccc7c8nc9ccccc9nc8n(c67)c54)n(-c4ccccc4)c3c2)cc1. The first kappa shape index (κ1) is 22.0. The van der Waals surface area contributed by atoms with Gasteiger partial charge in [-0.15, -0.1) is 0 Å². The molecule has 0 atom stereocenters. The Hall–Kier alpha value is -5.74. The van der Waals surface area contributed by atoms with E-state index in [0.717, 1.165) is 33.3 Å². The number of nitrogens with zero attached hydrogens (tertiary/aromatic N) is 4. The van der Waals surface area contributed by atoms with Crippen LogP contribution in [0.4, 0.5) is 0 Å². The lowest BCUT2D eigenvalue weighted by Gasteiger charge is -2.09. The monoisotopic (exact) mass is 534 g/mol. The van der Waals surface area contributed by atoms with E-state index in [4.69, 9.17) is 9.97 Å². The molecule has 4 aromatic heterocycles. The first-order valence-electron chi connectivity index (χ1n) is 14.3. The van der Waals surface area contributed by atoms with E-state index in [2.05, 4.69) is 124 Å². The molecular weight excluding hydrogens is 512 g/mol. The Balaban J connectivity index is 1.45. The third-order valence-electron chi connectivity index (χ3n) is 8.82. The summed E-state index contributed by atoms with van der Waals surface area (Å²) in [4.78, 5) is 10.3. The lowest BCUT2D eigenvalue weighted by Crippen LogP contribution is -1.93. The van der Waals surface area contributed by atoms with Crippen LogP contribution < -0.4 is 0 Å². The van der Waals surface area contributed by atoms with Crippen LogP contribution in [0.15, 0.2) is 133 Å². The fraction of sp³-hybridized carbons (Fsp3) is 0. The van der Waals surface area contributed by atoms with Crippen molar-refractivity contribution in [2.45, 2.75) is 0 Å². The van der Waals surface area contributed by atoms with Gasteiger partial charge in [0.25, 0.3) is 0 Å². The topological polar surface area (TPSA) is 35.1 Å². The average molecular weight is 535 g/mol. The summed E-state index contributed by atoms with van der Waals surface area (Å²) in [6.07, 6.45) is 0. The van der Waals surface area contributed by atoms with Gasteiger partial charge < -0.3 is 4.57 Å². The summed E-state index contributed by atoms with van der Waals surface area (Å²) in [5.41, 5.74) is 12.0. The third kappa shape index (κ3) is 2.76. The van der Waals surface area contributed by atoms with E-state index in [9.17, 15) is 0 Å². The lowest BCUT2D eigenvalue weighted by atomic mass is 10.0. The van der Waals surface area contributed by atoms with Gasteiger partial charge in [-0.2, -0.15) is 0 Å². The molecule has 0 bridgehead atoms. The second kappa shape index (κ2) is 7.93. The van der Waals surface area contributed by atoms with Gasteiger partial charge >= 0.3 is 0 Å². The number of hydrogen-bond donors (Lipinski definition) is 0. The normalized spacial score (nSPS) is 12.3. The van der Waals surface area contributed by atoms with Crippen LogP contribution in [0.25, 0.3) is 88.0 Å². The number of para-hydroxylation sites is 4. The number of fused-ring (bicyclic) bond motifs is 11. The zero-order valence-corrected chi connectivity index (χ0v) is 22.5. The van der Waals surface area contributed by atoms with E-state index >= 15 is 0 Å². The molecule has 194 valence electrons. The van der Waals surface area contributed by atoms with Crippen molar-refractivity contribution in [2.75, 3.05) is 0 Å². The van der Waals surface area contributed by atoms with Crippen LogP contribution in [0, 0.1) is 0 Å². The highest BCUT2D eigenvalue weighted by molar-refractivity contribution is 6.30. The minimum absolute atomic E-state index is 0.906. The van der Waals surface area contributed by atoms with E-state index in [0.29, 0.717) is 0 Å². The molecule has 4 heteroatoms. The quantitative estimate of drug-likeness (QED) is 0.221. The van der Waals surface area contributed by atoms with Crippen molar-refractivity contribution in [1.82, 2.24) is 18.9 Å². The molecule has 10 rings (SSSR count). The van der Waals surface area contributed by atoms with Crippen molar-refractivity contribution in [3.8, 4) is 16.8 Å². The highest BCUT2D eigenvalue weighted by atomic mass is 15.0. The van der Waals surface area contributed by atoms with Crippen molar-refractivity contribution in [3.05, 3.63) is 133 Å². The molecule has 0 radical (unpaired) electrons. The highest BCUT2D eigenvalue weighted by Crippen LogP contribution is 2.44. The zero-order valence-electron chi connectivity index (χ0n) is 22.5. The van der Waals surface area contributed by atoms with Crippen LogP contribution >= 0.6 is 0 Å². The maximum Gasteiger partial charge on any atom is 0.165 e. The summed E-state index contributed by atoms with van der Waals surface area (Å²) in [6, 6.07) is 47.5. The van der Waals surface area contributed by atoms with Crippen LogP contribution in [0.1, 0.15) is 0 Å². The molecule has 4 heterocycles. The fourth-order valence-corrected chi connectivity index (χ4v) is 7.05. The fourth-order valence-electron chi connectivity index (χ4n) is 7.05. The predicted octanol–water partition coefficient (Wildman–Crippen LogP) is 9.54. The summed E-state index contributed by atoms with van der Waals surface area (Å²) in [6.45, 7) is 0. The summed E-state index contributed by atoms with van der Waals surface area (Å²) < 4.78 is 4.78. The van der Waals surface area contributed by atoms with Gasteiger partial charge in [0.2, 0.25) is 0 Å². The molecule has 6 aromatic carbocycles. The largest absolute Gasteiger partial charge is 0.309 e. The van der Waals surface area contributed by atoms with Gasteiger partial charge in [-0.1, -0.05) is 97.1 Å². The first-order chi connectivity index (χ1) is 20.8. The molecule has 0 aliphatic rings. The standard InChI is InChI=1S/C38H22N4/c1-3-10-23(11-4-1)24-18-19-28-33(22-24)41(25-12-5-2-6-13-25)32-21-20-27-26-14-9-15-29-35-38(42(36(26)29)37(27)34(28)32)40-31-17-8-7-16-30(31)39-35/h1-22H. The molecular formula is C38H22N4. The predicted molar refractivity (Wildman–Crippen MR) is 174 cm³/mol. The van der Waals surface area contributed by atoms with Crippen LogP contribution in [0.3, 0.4) is 0 Å². The molecule has 42 heavy (non-hydrogen) atoms. The van der Waals surface area contributed by atoms with Gasteiger partial charge in [-0.3, -0.25) is 4.40 Å². The minimum Gasteiger partial charge on any atom is -0.309 e. The molecule has 0 aliphatic carbocycles. The molecule has 0 saturated heterocycles. The van der Waals surface area contributed by atoms with E-state index in [1.54, 1.807) is 0 Å². The second-order valence-corrected chi connectivity index (χ2v) is 11.0. The van der Waals surface area contributed by atoms with Crippen molar-refractivity contribution in [3.63, 3.8) is 0 Å². The second-order valence-electron chi connectivity index (χ2n) is 11.0. The van der Waals surface area contributed by atoms with E-state index < -0.39 is 0 Å². The van der Waals surface area contributed by atoms with Gasteiger partial charge in [0.05, 0.1) is 33.1 Å². The highest BCUT2D eigenvalue weighted by Gasteiger charge is 2.24. The first-order valence-corrected chi connectivity index (χ1v) is 14.3. The number of hydrogen-bond acceptors (Lipinski definition) is 2. The van der Waals surface area contributed by atoms with Crippen molar-refractivity contribution in [1.29, 1.82) is 0 Å². The number of benzene rings is 6. The third-order valence-corrected chi connectivity index (χ3v) is 8.82. The van der Waals surface area contributed by atoms with Gasteiger partial charge in [0.1, 0.15) is 5.52 Å². The van der Waals surface area contributed by atoms with E-state index in [1.165, 1.54) is 54.7 Å². The smallest absolute Gasteiger partial charge is 0.165 e. The zero-order chi connectivity index (χ0) is 27.4. The summed E-state index contributed by atoms with van der Waals surface area (Å²) in [5.74, 6) is 0. The van der Waals surface area contributed by atoms with Crippen LogP contribution in [-0.4, -0.2) is 18.9 Å². The van der Waals surface area contributed by atoms with Crippen molar-refractivity contribution < 1.29 is 0 Å². The van der Waals surface area contributed by atoms with Crippen LogP contribution in [0.5, 0.6) is 0 Å². The maximum atomic E-state index is 5.22. The van der Waals surface area contributed by atoms with Gasteiger partial charge in [-0.25, -0.2) is 9.97 Å². The maximum absolute atomic E-state index is 5.22. The Morgan fingerprint density at radius 1 is 0.452 bits per heavy atom. The van der Waals surface area contributed by atoms with Crippen LogP contribution in [-0.2, 0) is 0 Å². The molecule has 4 nitrogen and oxygen atoms in total. The molecule has 0 unspecified atom stereocenters. The van der Waals surface area contributed by atoms with E-state index in [1.807, 2.05) is 18.2 Å². The molecule has 0 spiro atoms. The molecule has 0 amide bonds. The Labute approximate surface area is 240 Å². The molecule has 10 aromatic rings. The van der Waals surface area contributed by atoms with Crippen molar-refractivity contribution >= 4 is 71.2 Å². The van der Waals surface area contributed by atoms with Gasteiger partial charge in [0, 0.05) is 32.6 Å². The summed E-state index contributed by atoms with van der Waals surface area (Å²) in [5, 5.41) is 6.06. The number of rotatable bonds is 2. The van der Waals surface area contributed by atoms with E-state index in [-0.39, 0.29) is 0 Å². The Morgan fingerprint density at radius 2 is 1.14 bits per heavy atom. The Morgan fingerprint density at radius 3 is 1.98 bits per heavy atom. The minimum atomic E-state index is 0.906. The summed E-state index contributed by atoms with van der Waals surface area (Å²) >= 11 is 0. The van der Waals surface area contributed by atoms with Gasteiger partial charge in [0.15, 0.2) is 5.65 Å². The Bertz CT molecular complexity index is 2660. The lowest BCUT2D eigenvalue weighted by molar-refractivity contribution is 1.18. The average Bonchev–Trinajstić information content (AvgIpc) is 3.68. The Kier molecular flexibility index (Phi) is 4.15. The van der Waals surface area contributed by atoms with Crippen LogP contribution in [0.2, 0.25) is 0 Å². The molecule has 0 saturated carbocycles. The van der Waals surface area contributed by atoms with Crippen molar-refractivity contribution in [2.24, 2.45) is 0 Å². The molecule has 0 fully saturated rings. The molecule has 0 aliphatic heterocycles. The number of aromatic nitrogens is 4. The van der Waals surface area contributed by atoms with Gasteiger partial charge in [-0.05, 0) is 47.5 Å². The molecule has 0 N–H and O–H groups in total.